The summed E-state index contributed by atoms with van der Waals surface area (Å²) >= 11 is 6.03. The van der Waals surface area contributed by atoms with E-state index >= 15 is 0 Å². The number of aliphatic hydroxyl groups is 1. The molecule has 1 atom stereocenters. The van der Waals surface area contributed by atoms with Gasteiger partial charge in [0.05, 0.1) is 19.3 Å². The number of hydrogen-bond donors (Lipinski definition) is 2. The van der Waals surface area contributed by atoms with Crippen molar-refractivity contribution in [1.29, 1.82) is 0 Å². The summed E-state index contributed by atoms with van der Waals surface area (Å²) in [5, 5.41) is 14.0. The van der Waals surface area contributed by atoms with Crippen molar-refractivity contribution in [1.82, 2.24) is 0 Å². The molecule has 4 heteroatoms. The Bertz CT molecular complexity index is 580. The third kappa shape index (κ3) is 3.49. The molecule has 0 aliphatic carbocycles. The molecule has 0 heterocycles. The van der Waals surface area contributed by atoms with E-state index in [0.717, 1.165) is 23.4 Å². The Hall–Kier alpha value is -1.71. The average Bonchev–Trinajstić information content (AvgIpc) is 2.53. The second kappa shape index (κ2) is 6.83. The van der Waals surface area contributed by atoms with Crippen molar-refractivity contribution in [3.05, 3.63) is 59.1 Å². The topological polar surface area (TPSA) is 41.5 Å². The quantitative estimate of drug-likeness (QED) is 0.845. The predicted molar refractivity (Wildman–Crippen MR) is 87.1 cm³/mol. The number of rotatable bonds is 6. The highest BCUT2D eigenvalue weighted by Crippen LogP contribution is 2.31. The Balaban J connectivity index is 2.34. The largest absolute Gasteiger partial charge is 0.497 e. The Morgan fingerprint density at radius 3 is 2.43 bits per heavy atom. The molecule has 0 spiro atoms. The maximum atomic E-state index is 9.96. The lowest BCUT2D eigenvalue weighted by atomic mass is 9.87. The zero-order valence-electron chi connectivity index (χ0n) is 12.3. The molecular formula is C17H20ClNO2. The van der Waals surface area contributed by atoms with Crippen LogP contribution in [0.4, 0.5) is 5.69 Å². The minimum Gasteiger partial charge on any atom is -0.497 e. The summed E-state index contributed by atoms with van der Waals surface area (Å²) in [5.74, 6) is 0.796. The lowest BCUT2D eigenvalue weighted by molar-refractivity contribution is 0.207. The van der Waals surface area contributed by atoms with Crippen molar-refractivity contribution in [3.8, 4) is 5.75 Å². The van der Waals surface area contributed by atoms with Gasteiger partial charge in [-0.05, 0) is 42.3 Å². The molecule has 1 unspecified atom stereocenters. The van der Waals surface area contributed by atoms with Crippen molar-refractivity contribution in [2.45, 2.75) is 18.9 Å². The molecule has 0 aliphatic heterocycles. The van der Waals surface area contributed by atoms with Crippen molar-refractivity contribution in [2.75, 3.05) is 19.0 Å². The van der Waals surface area contributed by atoms with E-state index in [2.05, 4.69) is 5.32 Å². The molecule has 3 nitrogen and oxygen atoms in total. The van der Waals surface area contributed by atoms with E-state index in [1.54, 1.807) is 7.11 Å². The van der Waals surface area contributed by atoms with Crippen LogP contribution in [0.25, 0.3) is 0 Å². The molecule has 0 saturated heterocycles. The number of aliphatic hydroxyl groups excluding tert-OH is 1. The highest BCUT2D eigenvalue weighted by Gasteiger charge is 2.29. The molecule has 0 bridgehead atoms. The van der Waals surface area contributed by atoms with Crippen molar-refractivity contribution < 1.29 is 9.84 Å². The van der Waals surface area contributed by atoms with Crippen LogP contribution in [-0.4, -0.2) is 18.8 Å². The molecular weight excluding hydrogens is 286 g/mol. The van der Waals surface area contributed by atoms with Gasteiger partial charge in [-0.15, -0.1) is 0 Å². The first kappa shape index (κ1) is 15.7. The molecule has 0 aromatic heterocycles. The maximum absolute atomic E-state index is 9.96. The second-order valence-electron chi connectivity index (χ2n) is 4.96. The van der Waals surface area contributed by atoms with Gasteiger partial charge < -0.3 is 15.2 Å². The molecule has 112 valence electrons. The summed E-state index contributed by atoms with van der Waals surface area (Å²) in [7, 11) is 1.64. The molecule has 0 amide bonds. The molecule has 2 aromatic carbocycles. The van der Waals surface area contributed by atoms with Crippen LogP contribution < -0.4 is 10.1 Å². The van der Waals surface area contributed by atoms with Gasteiger partial charge in [-0.1, -0.05) is 36.7 Å². The van der Waals surface area contributed by atoms with Gasteiger partial charge >= 0.3 is 0 Å². The lowest BCUT2D eigenvalue weighted by Gasteiger charge is -2.34. The van der Waals surface area contributed by atoms with E-state index in [1.165, 1.54) is 0 Å². The monoisotopic (exact) mass is 305 g/mol. The van der Waals surface area contributed by atoms with E-state index in [1.807, 2.05) is 55.5 Å². The van der Waals surface area contributed by atoms with Crippen molar-refractivity contribution in [3.63, 3.8) is 0 Å². The van der Waals surface area contributed by atoms with E-state index in [9.17, 15) is 5.11 Å². The maximum Gasteiger partial charge on any atom is 0.118 e. The highest BCUT2D eigenvalue weighted by molar-refractivity contribution is 6.30. The Morgan fingerprint density at radius 2 is 1.90 bits per heavy atom. The van der Waals surface area contributed by atoms with Crippen LogP contribution in [0.1, 0.15) is 18.9 Å². The van der Waals surface area contributed by atoms with Gasteiger partial charge in [0.15, 0.2) is 0 Å². The smallest absolute Gasteiger partial charge is 0.118 e. The second-order valence-corrected chi connectivity index (χ2v) is 5.39. The molecule has 2 rings (SSSR count). The van der Waals surface area contributed by atoms with Crippen LogP contribution in [0.5, 0.6) is 5.75 Å². The molecule has 0 fully saturated rings. The Labute approximate surface area is 130 Å². The number of nitrogens with one attached hydrogen (secondary N) is 1. The van der Waals surface area contributed by atoms with Gasteiger partial charge in [0, 0.05) is 10.7 Å². The summed E-state index contributed by atoms with van der Waals surface area (Å²) < 4.78 is 5.18. The fourth-order valence-electron chi connectivity index (χ4n) is 2.36. The Morgan fingerprint density at radius 1 is 1.19 bits per heavy atom. The average molecular weight is 306 g/mol. The van der Waals surface area contributed by atoms with Crippen LogP contribution in [-0.2, 0) is 5.54 Å². The summed E-state index contributed by atoms with van der Waals surface area (Å²) in [6, 6.07) is 15.2. The normalized spacial score (nSPS) is 13.5. The van der Waals surface area contributed by atoms with Crippen LogP contribution in [0, 0.1) is 0 Å². The number of halogens is 1. The summed E-state index contributed by atoms with van der Waals surface area (Å²) in [5.41, 5.74) is 1.35. The van der Waals surface area contributed by atoms with Crippen molar-refractivity contribution >= 4 is 17.3 Å². The first-order valence-corrected chi connectivity index (χ1v) is 7.30. The summed E-state index contributed by atoms with van der Waals surface area (Å²) in [4.78, 5) is 0. The van der Waals surface area contributed by atoms with Gasteiger partial charge in [-0.25, -0.2) is 0 Å². The fourth-order valence-corrected chi connectivity index (χ4v) is 2.55. The fraction of sp³-hybridized carbons (Fsp3) is 0.294. The zero-order valence-corrected chi connectivity index (χ0v) is 13.0. The minimum atomic E-state index is -0.545. The van der Waals surface area contributed by atoms with Gasteiger partial charge in [0.1, 0.15) is 5.75 Å². The molecule has 2 N–H and O–H groups in total. The number of methoxy groups -OCH3 is 1. The van der Waals surface area contributed by atoms with Gasteiger partial charge in [0.25, 0.3) is 0 Å². The summed E-state index contributed by atoms with van der Waals surface area (Å²) in [6.45, 7) is 2.03. The van der Waals surface area contributed by atoms with E-state index in [0.29, 0.717) is 5.02 Å². The number of ether oxygens (including phenoxy) is 1. The molecule has 0 aliphatic rings. The molecule has 21 heavy (non-hydrogen) atoms. The van der Waals surface area contributed by atoms with Crippen LogP contribution >= 0.6 is 11.6 Å². The zero-order chi connectivity index (χ0) is 15.3. The van der Waals surface area contributed by atoms with E-state index in [-0.39, 0.29) is 6.61 Å². The van der Waals surface area contributed by atoms with E-state index < -0.39 is 5.54 Å². The van der Waals surface area contributed by atoms with Crippen molar-refractivity contribution in [2.24, 2.45) is 0 Å². The number of hydrogen-bond acceptors (Lipinski definition) is 3. The first-order valence-electron chi connectivity index (χ1n) is 6.92. The standard InChI is InChI=1S/C17H20ClNO2/c1-3-17(12-20,13-7-9-16(21-2)10-8-13)19-15-6-4-5-14(18)11-15/h4-11,19-20H,3,12H2,1-2H3. The molecule has 0 saturated carbocycles. The highest BCUT2D eigenvalue weighted by atomic mass is 35.5. The minimum absolute atomic E-state index is 0.0116. The van der Waals surface area contributed by atoms with Gasteiger partial charge in [-0.2, -0.15) is 0 Å². The van der Waals surface area contributed by atoms with Gasteiger partial charge in [0.2, 0.25) is 0 Å². The van der Waals surface area contributed by atoms with Crippen LogP contribution in [0.3, 0.4) is 0 Å². The third-order valence-electron chi connectivity index (χ3n) is 3.72. The predicted octanol–water partition coefficient (Wildman–Crippen LogP) is 4.06. The van der Waals surface area contributed by atoms with Crippen LogP contribution in [0.2, 0.25) is 5.02 Å². The van der Waals surface area contributed by atoms with Gasteiger partial charge in [-0.3, -0.25) is 0 Å². The SMILES string of the molecule is CCC(CO)(Nc1cccc(Cl)c1)c1ccc(OC)cc1. The Kier molecular flexibility index (Phi) is 5.10. The van der Waals surface area contributed by atoms with Crippen LogP contribution in [0.15, 0.2) is 48.5 Å². The molecule has 0 radical (unpaired) electrons. The number of anilines is 1. The van der Waals surface area contributed by atoms with E-state index in [4.69, 9.17) is 16.3 Å². The summed E-state index contributed by atoms with van der Waals surface area (Å²) in [6.07, 6.45) is 0.738. The lowest BCUT2D eigenvalue weighted by Crippen LogP contribution is -2.38. The first-order chi connectivity index (χ1) is 10.1. The third-order valence-corrected chi connectivity index (χ3v) is 3.96. The number of benzene rings is 2. The molecule has 2 aromatic rings.